The van der Waals surface area contributed by atoms with Gasteiger partial charge in [0.2, 0.25) is 0 Å². The molecule has 4 heterocycles. The van der Waals surface area contributed by atoms with Crippen molar-refractivity contribution in [3.63, 3.8) is 0 Å². The molecule has 0 unspecified atom stereocenters. The Bertz CT molecular complexity index is 1310. The number of aromatic amines is 1. The summed E-state index contributed by atoms with van der Waals surface area (Å²) in [5.74, 6) is 0.665. The van der Waals surface area contributed by atoms with E-state index in [1.807, 2.05) is 50.2 Å². The Morgan fingerprint density at radius 2 is 1.90 bits per heavy atom. The van der Waals surface area contributed by atoms with E-state index in [4.69, 9.17) is 9.97 Å². The Kier molecular flexibility index (Phi) is 4.09. The fraction of sp³-hybridized carbons (Fsp3) is 0.143. The lowest BCUT2D eigenvalue weighted by molar-refractivity contribution is 0.833. The first-order valence-electron chi connectivity index (χ1n) is 9.29. The van der Waals surface area contributed by atoms with Crippen molar-refractivity contribution in [1.82, 2.24) is 34.9 Å². The number of benzene rings is 1. The first kappa shape index (κ1) is 17.2. The van der Waals surface area contributed by atoms with Crippen LogP contribution in [0.5, 0.6) is 0 Å². The van der Waals surface area contributed by atoms with Gasteiger partial charge in [0.05, 0.1) is 34.8 Å². The minimum Gasteiger partial charge on any atom is -0.360 e. The van der Waals surface area contributed by atoms with Crippen LogP contribution in [0.4, 0.5) is 5.82 Å². The summed E-state index contributed by atoms with van der Waals surface area (Å²) in [6.45, 7) is 4.07. The predicted octanol–water partition coefficient (Wildman–Crippen LogP) is 3.84. The largest absolute Gasteiger partial charge is 0.360 e. The summed E-state index contributed by atoms with van der Waals surface area (Å²) in [5, 5.41) is 3.42. The third-order valence-electron chi connectivity index (χ3n) is 4.74. The molecule has 5 aromatic rings. The zero-order valence-electron chi connectivity index (χ0n) is 16.0. The van der Waals surface area contributed by atoms with Gasteiger partial charge in [-0.2, -0.15) is 0 Å². The summed E-state index contributed by atoms with van der Waals surface area (Å²) < 4.78 is 0. The molecule has 1 atom stereocenters. The van der Waals surface area contributed by atoms with Gasteiger partial charge in [0, 0.05) is 6.20 Å². The highest BCUT2D eigenvalue weighted by atomic mass is 15.1. The van der Waals surface area contributed by atoms with Crippen LogP contribution in [0.25, 0.3) is 33.6 Å². The summed E-state index contributed by atoms with van der Waals surface area (Å²) in [6, 6.07) is 11.7. The van der Waals surface area contributed by atoms with Crippen LogP contribution in [-0.2, 0) is 0 Å². The Balaban J connectivity index is 1.64. The van der Waals surface area contributed by atoms with E-state index >= 15 is 0 Å². The van der Waals surface area contributed by atoms with Gasteiger partial charge in [0.1, 0.15) is 17.5 Å². The highest BCUT2D eigenvalue weighted by Gasteiger charge is 2.19. The molecule has 0 saturated heterocycles. The number of rotatable bonds is 4. The van der Waals surface area contributed by atoms with E-state index in [1.54, 1.807) is 12.5 Å². The van der Waals surface area contributed by atoms with Crippen molar-refractivity contribution < 1.29 is 0 Å². The maximum atomic E-state index is 4.92. The van der Waals surface area contributed by atoms with Crippen LogP contribution in [0.1, 0.15) is 24.2 Å². The summed E-state index contributed by atoms with van der Waals surface area (Å²) in [6.07, 6.45) is 4.86. The van der Waals surface area contributed by atoms with Crippen molar-refractivity contribution in [2.24, 2.45) is 0 Å². The highest BCUT2D eigenvalue weighted by molar-refractivity contribution is 5.83. The Morgan fingerprint density at radius 1 is 0.966 bits per heavy atom. The van der Waals surface area contributed by atoms with Gasteiger partial charge >= 0.3 is 0 Å². The van der Waals surface area contributed by atoms with Crippen LogP contribution in [0, 0.1) is 6.92 Å². The number of aromatic nitrogens is 7. The van der Waals surface area contributed by atoms with Crippen molar-refractivity contribution in [1.29, 1.82) is 0 Å². The third kappa shape index (κ3) is 3.14. The van der Waals surface area contributed by atoms with E-state index in [0.717, 1.165) is 39.2 Å². The molecular formula is C21H18N8. The van der Waals surface area contributed by atoms with Gasteiger partial charge in [-0.25, -0.2) is 24.9 Å². The average Bonchev–Trinajstić information content (AvgIpc) is 3.23. The van der Waals surface area contributed by atoms with Crippen LogP contribution >= 0.6 is 0 Å². The molecular weight excluding hydrogens is 364 g/mol. The predicted molar refractivity (Wildman–Crippen MR) is 111 cm³/mol. The van der Waals surface area contributed by atoms with Crippen LogP contribution in [0.3, 0.4) is 0 Å². The van der Waals surface area contributed by atoms with E-state index in [0.29, 0.717) is 11.5 Å². The normalized spacial score (nSPS) is 12.3. The zero-order valence-corrected chi connectivity index (χ0v) is 16.0. The lowest BCUT2D eigenvalue weighted by atomic mass is 10.1. The second kappa shape index (κ2) is 6.90. The maximum Gasteiger partial charge on any atom is 0.182 e. The second-order valence-electron chi connectivity index (χ2n) is 6.85. The van der Waals surface area contributed by atoms with Gasteiger partial charge < -0.3 is 10.3 Å². The lowest BCUT2D eigenvalue weighted by Gasteiger charge is -2.18. The van der Waals surface area contributed by atoms with Crippen molar-refractivity contribution in [2.45, 2.75) is 19.9 Å². The number of pyridine rings is 1. The monoisotopic (exact) mass is 382 g/mol. The Labute approximate surface area is 166 Å². The number of aryl methyl sites for hydroxylation is 1. The van der Waals surface area contributed by atoms with Crippen LogP contribution in [-0.4, -0.2) is 34.9 Å². The van der Waals surface area contributed by atoms with Crippen LogP contribution < -0.4 is 5.32 Å². The molecule has 1 aromatic carbocycles. The minimum absolute atomic E-state index is 0.174. The van der Waals surface area contributed by atoms with E-state index in [-0.39, 0.29) is 6.04 Å². The minimum atomic E-state index is -0.174. The van der Waals surface area contributed by atoms with Gasteiger partial charge in [-0.05, 0) is 43.7 Å². The first-order valence-corrected chi connectivity index (χ1v) is 9.29. The molecule has 29 heavy (non-hydrogen) atoms. The number of hydrogen-bond acceptors (Lipinski definition) is 7. The van der Waals surface area contributed by atoms with E-state index in [9.17, 15) is 0 Å². The second-order valence-corrected chi connectivity index (χ2v) is 6.85. The molecule has 0 radical (unpaired) electrons. The van der Waals surface area contributed by atoms with Crippen molar-refractivity contribution in [3.05, 3.63) is 66.5 Å². The number of nitrogens with one attached hydrogen (secondary N) is 2. The molecule has 8 heteroatoms. The highest BCUT2D eigenvalue weighted by Crippen LogP contribution is 2.29. The fourth-order valence-corrected chi connectivity index (χ4v) is 3.32. The van der Waals surface area contributed by atoms with E-state index in [2.05, 4.69) is 30.2 Å². The molecule has 4 aromatic heterocycles. The average molecular weight is 382 g/mol. The van der Waals surface area contributed by atoms with Crippen molar-refractivity contribution >= 4 is 28.0 Å². The first-order chi connectivity index (χ1) is 14.2. The molecule has 0 fully saturated rings. The summed E-state index contributed by atoms with van der Waals surface area (Å²) in [7, 11) is 0. The van der Waals surface area contributed by atoms with E-state index < -0.39 is 0 Å². The van der Waals surface area contributed by atoms with Crippen LogP contribution in [0.15, 0.2) is 55.2 Å². The molecule has 0 saturated carbocycles. The lowest BCUT2D eigenvalue weighted by Crippen LogP contribution is -2.13. The zero-order chi connectivity index (χ0) is 19.8. The topological polar surface area (TPSA) is 105 Å². The van der Waals surface area contributed by atoms with Gasteiger partial charge in [-0.1, -0.05) is 12.1 Å². The van der Waals surface area contributed by atoms with Gasteiger partial charge in [-0.15, -0.1) is 0 Å². The van der Waals surface area contributed by atoms with Crippen LogP contribution in [0.2, 0.25) is 0 Å². The summed E-state index contributed by atoms with van der Waals surface area (Å²) in [5.41, 5.74) is 6.52. The number of imidazole rings is 1. The van der Waals surface area contributed by atoms with Crippen molar-refractivity contribution in [3.8, 4) is 11.4 Å². The molecule has 0 spiro atoms. The number of anilines is 1. The third-order valence-corrected chi connectivity index (χ3v) is 4.74. The SMILES string of the molecule is Cc1ccc2nc([C@H](C)Nc3ncnc4nc[nH]c34)c(-c3ccccn3)nc2c1. The number of hydrogen-bond donors (Lipinski definition) is 2. The summed E-state index contributed by atoms with van der Waals surface area (Å²) >= 11 is 0. The number of nitrogens with zero attached hydrogens (tertiary/aromatic N) is 6. The fourth-order valence-electron chi connectivity index (χ4n) is 3.32. The molecule has 8 nitrogen and oxygen atoms in total. The molecule has 142 valence electrons. The molecule has 0 aliphatic heterocycles. The van der Waals surface area contributed by atoms with E-state index in [1.165, 1.54) is 6.33 Å². The molecule has 0 aliphatic rings. The molecule has 0 amide bonds. The standard InChI is InChI=1S/C21H18N8/c1-12-6-7-14-16(9-12)29-18(15-5-3-4-8-22-15)17(28-14)13(2)27-21-19-20(24-10-23-19)25-11-26-21/h3-11,13H,1-2H3,(H2,23,24,25,26,27)/t13-/m0/s1. The Hall–Kier alpha value is -3.94. The molecule has 0 bridgehead atoms. The molecule has 0 aliphatic carbocycles. The smallest absolute Gasteiger partial charge is 0.182 e. The quantitative estimate of drug-likeness (QED) is 0.486. The number of H-pyrrole nitrogens is 1. The Morgan fingerprint density at radius 3 is 2.76 bits per heavy atom. The molecule has 2 N–H and O–H groups in total. The molecule has 5 rings (SSSR count). The summed E-state index contributed by atoms with van der Waals surface area (Å²) in [4.78, 5) is 30.1. The number of fused-ring (bicyclic) bond motifs is 2. The maximum absolute atomic E-state index is 4.92. The van der Waals surface area contributed by atoms with Gasteiger partial charge in [0.25, 0.3) is 0 Å². The van der Waals surface area contributed by atoms with Gasteiger partial charge in [0.15, 0.2) is 11.5 Å². The van der Waals surface area contributed by atoms with Gasteiger partial charge in [-0.3, -0.25) is 4.98 Å². The van der Waals surface area contributed by atoms with Crippen molar-refractivity contribution in [2.75, 3.05) is 5.32 Å².